The van der Waals surface area contributed by atoms with Gasteiger partial charge in [-0.1, -0.05) is 33.1 Å². The van der Waals surface area contributed by atoms with Gasteiger partial charge in [-0.25, -0.2) is 0 Å². The van der Waals surface area contributed by atoms with Crippen LogP contribution in [0.1, 0.15) is 58.8 Å². The number of amides is 1. The molecule has 0 aromatic carbocycles. The van der Waals surface area contributed by atoms with E-state index in [9.17, 15) is 4.79 Å². The van der Waals surface area contributed by atoms with Gasteiger partial charge in [0.05, 0.1) is 6.10 Å². The molecule has 4 nitrogen and oxygen atoms in total. The highest BCUT2D eigenvalue weighted by molar-refractivity contribution is 5.80. The summed E-state index contributed by atoms with van der Waals surface area (Å²) in [5, 5.41) is 11.8. The molecule has 1 saturated carbocycles. The third-order valence-corrected chi connectivity index (χ3v) is 3.82. The summed E-state index contributed by atoms with van der Waals surface area (Å²) >= 11 is 0. The smallest absolute Gasteiger partial charge is 0.249 e. The van der Waals surface area contributed by atoms with Gasteiger partial charge in [0, 0.05) is 13.2 Å². The Morgan fingerprint density at radius 3 is 2.63 bits per heavy atom. The van der Waals surface area contributed by atoms with Gasteiger partial charge < -0.3 is 15.2 Å². The molecule has 0 radical (unpaired) electrons. The van der Waals surface area contributed by atoms with Gasteiger partial charge >= 0.3 is 0 Å². The Kier molecular flexibility index (Phi) is 8.07. The van der Waals surface area contributed by atoms with Crippen molar-refractivity contribution in [2.24, 2.45) is 5.92 Å². The van der Waals surface area contributed by atoms with E-state index in [4.69, 9.17) is 9.84 Å². The number of hydrogen-bond donors (Lipinski definition) is 2. The largest absolute Gasteiger partial charge is 0.396 e. The first-order valence-electron chi connectivity index (χ1n) is 7.71. The van der Waals surface area contributed by atoms with Gasteiger partial charge in [-0.15, -0.1) is 0 Å². The van der Waals surface area contributed by atoms with Crippen molar-refractivity contribution in [2.75, 3.05) is 13.2 Å². The molecule has 4 heteroatoms. The van der Waals surface area contributed by atoms with Crippen LogP contribution in [0.2, 0.25) is 0 Å². The first-order chi connectivity index (χ1) is 9.17. The molecule has 1 aliphatic carbocycles. The molecular weight excluding hydrogens is 242 g/mol. The van der Waals surface area contributed by atoms with E-state index in [1.54, 1.807) is 0 Å². The molecule has 2 N–H and O–H groups in total. The highest BCUT2D eigenvalue weighted by atomic mass is 16.5. The fourth-order valence-corrected chi connectivity index (χ4v) is 2.49. The fraction of sp³-hybridized carbons (Fsp3) is 0.933. The van der Waals surface area contributed by atoms with Crippen LogP contribution in [0.25, 0.3) is 0 Å². The van der Waals surface area contributed by atoms with Crippen LogP contribution in [-0.2, 0) is 9.53 Å². The fourth-order valence-electron chi connectivity index (χ4n) is 2.49. The van der Waals surface area contributed by atoms with Crippen molar-refractivity contribution in [2.45, 2.75) is 71.0 Å². The molecule has 19 heavy (non-hydrogen) atoms. The predicted octanol–water partition coefficient (Wildman–Crippen LogP) is 2.25. The highest BCUT2D eigenvalue weighted by Crippen LogP contribution is 2.22. The molecule has 0 aromatic rings. The molecule has 0 aliphatic heterocycles. The maximum absolute atomic E-state index is 12.1. The monoisotopic (exact) mass is 271 g/mol. The number of hydrogen-bond acceptors (Lipinski definition) is 3. The molecule has 1 aliphatic rings. The van der Waals surface area contributed by atoms with Crippen LogP contribution in [0.5, 0.6) is 0 Å². The lowest BCUT2D eigenvalue weighted by atomic mass is 9.97. The molecule has 0 spiro atoms. The van der Waals surface area contributed by atoms with E-state index in [-0.39, 0.29) is 24.7 Å². The summed E-state index contributed by atoms with van der Waals surface area (Å²) < 4.78 is 5.93. The number of carbonyl (C=O) groups is 1. The van der Waals surface area contributed by atoms with Crippen LogP contribution >= 0.6 is 0 Å². The third kappa shape index (κ3) is 6.39. The molecule has 0 aromatic heterocycles. The second-order valence-electron chi connectivity index (χ2n) is 5.66. The lowest BCUT2D eigenvalue weighted by Crippen LogP contribution is -2.40. The number of carbonyl (C=O) groups excluding carboxylic acids is 1. The Hall–Kier alpha value is -0.610. The highest BCUT2D eigenvalue weighted by Gasteiger charge is 2.23. The van der Waals surface area contributed by atoms with Gasteiger partial charge in [0.1, 0.15) is 6.10 Å². The molecule has 2 unspecified atom stereocenters. The van der Waals surface area contributed by atoms with Crippen LogP contribution in [-0.4, -0.2) is 36.4 Å². The Morgan fingerprint density at radius 1 is 1.37 bits per heavy atom. The van der Waals surface area contributed by atoms with Crippen molar-refractivity contribution in [1.29, 1.82) is 0 Å². The lowest BCUT2D eigenvalue weighted by molar-refractivity contribution is -0.138. The summed E-state index contributed by atoms with van der Waals surface area (Å²) in [7, 11) is 0. The molecule has 2 atom stereocenters. The molecule has 0 bridgehead atoms. The quantitative estimate of drug-likeness (QED) is 0.712. The van der Waals surface area contributed by atoms with Gasteiger partial charge in [0.25, 0.3) is 0 Å². The van der Waals surface area contributed by atoms with Crippen LogP contribution in [0.4, 0.5) is 0 Å². The van der Waals surface area contributed by atoms with E-state index in [0.717, 1.165) is 25.7 Å². The van der Waals surface area contributed by atoms with Crippen molar-refractivity contribution in [3.8, 4) is 0 Å². The Balaban J connectivity index is 2.29. The minimum Gasteiger partial charge on any atom is -0.396 e. The van der Waals surface area contributed by atoms with E-state index in [1.165, 1.54) is 19.3 Å². The average Bonchev–Trinajstić information content (AvgIpc) is 2.43. The predicted molar refractivity (Wildman–Crippen MR) is 75.9 cm³/mol. The van der Waals surface area contributed by atoms with Crippen molar-refractivity contribution in [3.05, 3.63) is 0 Å². The van der Waals surface area contributed by atoms with Crippen LogP contribution < -0.4 is 5.32 Å². The molecular formula is C15H29NO3. The van der Waals surface area contributed by atoms with Gasteiger partial charge in [-0.3, -0.25) is 4.79 Å². The van der Waals surface area contributed by atoms with E-state index in [0.29, 0.717) is 12.5 Å². The molecule has 1 rings (SSSR count). The summed E-state index contributed by atoms with van der Waals surface area (Å²) in [6.07, 6.45) is 7.30. The van der Waals surface area contributed by atoms with Crippen LogP contribution in [0.15, 0.2) is 0 Å². The van der Waals surface area contributed by atoms with Gasteiger partial charge in [-0.05, 0) is 31.6 Å². The second-order valence-corrected chi connectivity index (χ2v) is 5.66. The minimum absolute atomic E-state index is 0.00198. The zero-order valence-corrected chi connectivity index (χ0v) is 12.4. The van der Waals surface area contributed by atoms with E-state index in [2.05, 4.69) is 5.32 Å². The topological polar surface area (TPSA) is 58.6 Å². The standard InChI is InChI=1S/C15H29NO3/c1-3-14(19-13-7-5-4-6-8-13)15(18)16-11-12(2)9-10-17/h12-14,17H,3-11H2,1-2H3,(H,16,18). The number of nitrogens with one attached hydrogen (secondary N) is 1. The summed E-state index contributed by atoms with van der Waals surface area (Å²) in [6.45, 7) is 4.81. The minimum atomic E-state index is -0.315. The first kappa shape index (κ1) is 16.4. The van der Waals surface area contributed by atoms with Crippen molar-refractivity contribution in [1.82, 2.24) is 5.32 Å². The number of aliphatic hydroxyl groups is 1. The van der Waals surface area contributed by atoms with Crippen molar-refractivity contribution >= 4 is 5.91 Å². The first-order valence-corrected chi connectivity index (χ1v) is 7.71. The molecule has 0 heterocycles. The van der Waals surface area contributed by atoms with Crippen molar-refractivity contribution in [3.63, 3.8) is 0 Å². The lowest BCUT2D eigenvalue weighted by Gasteiger charge is -2.26. The maximum Gasteiger partial charge on any atom is 0.249 e. The van der Waals surface area contributed by atoms with Gasteiger partial charge in [0.15, 0.2) is 0 Å². The van der Waals surface area contributed by atoms with Gasteiger partial charge in [-0.2, -0.15) is 0 Å². The summed E-state index contributed by atoms with van der Waals surface area (Å²) in [5.41, 5.74) is 0. The second kappa shape index (κ2) is 9.32. The normalized spacial score (nSPS) is 19.9. The van der Waals surface area contributed by atoms with E-state index < -0.39 is 0 Å². The van der Waals surface area contributed by atoms with Crippen LogP contribution in [0, 0.1) is 5.92 Å². The molecule has 112 valence electrons. The molecule has 1 amide bonds. The maximum atomic E-state index is 12.1. The number of ether oxygens (including phenoxy) is 1. The van der Waals surface area contributed by atoms with Gasteiger partial charge in [0.2, 0.25) is 5.91 Å². The molecule has 0 saturated heterocycles. The molecule has 1 fully saturated rings. The average molecular weight is 271 g/mol. The van der Waals surface area contributed by atoms with E-state index >= 15 is 0 Å². The van der Waals surface area contributed by atoms with Crippen molar-refractivity contribution < 1.29 is 14.6 Å². The third-order valence-electron chi connectivity index (χ3n) is 3.82. The zero-order valence-electron chi connectivity index (χ0n) is 12.4. The number of aliphatic hydroxyl groups excluding tert-OH is 1. The summed E-state index contributed by atoms with van der Waals surface area (Å²) in [6, 6.07) is 0. The Bertz CT molecular complexity index is 252. The Morgan fingerprint density at radius 2 is 2.05 bits per heavy atom. The summed E-state index contributed by atoms with van der Waals surface area (Å²) in [5.74, 6) is 0.305. The van der Waals surface area contributed by atoms with E-state index in [1.807, 2.05) is 13.8 Å². The number of rotatable bonds is 8. The Labute approximate surface area is 116 Å². The zero-order chi connectivity index (χ0) is 14.1. The summed E-state index contributed by atoms with van der Waals surface area (Å²) in [4.78, 5) is 12.1. The SMILES string of the molecule is CCC(OC1CCCCC1)C(=O)NCC(C)CCO. The van der Waals surface area contributed by atoms with Crippen LogP contribution in [0.3, 0.4) is 0 Å².